The maximum absolute atomic E-state index is 13.0. The van der Waals surface area contributed by atoms with Crippen molar-refractivity contribution in [3.05, 3.63) is 58.4 Å². The van der Waals surface area contributed by atoms with Gasteiger partial charge in [-0.3, -0.25) is 4.79 Å². The third kappa shape index (κ3) is 4.35. The largest absolute Gasteiger partial charge is 0.350 e. The van der Waals surface area contributed by atoms with Crippen LogP contribution < -0.4 is 5.32 Å². The number of amides is 1. The van der Waals surface area contributed by atoms with Crippen LogP contribution in [0.2, 0.25) is 5.02 Å². The molecule has 7 nitrogen and oxygen atoms in total. The van der Waals surface area contributed by atoms with E-state index in [1.54, 1.807) is 31.2 Å². The van der Waals surface area contributed by atoms with Gasteiger partial charge in [0.1, 0.15) is 5.82 Å². The Kier molecular flexibility index (Phi) is 6.21. The molecule has 1 amide bonds. The molecule has 1 heterocycles. The highest BCUT2D eigenvalue weighted by molar-refractivity contribution is 7.89. The number of rotatable bonds is 6. The summed E-state index contributed by atoms with van der Waals surface area (Å²) in [5.74, 6) is 0.404. The van der Waals surface area contributed by atoms with Crippen LogP contribution in [0.25, 0.3) is 11.0 Å². The fraction of sp³-hybridized carbons (Fsp3) is 0.333. The minimum Gasteiger partial charge on any atom is -0.350 e. The van der Waals surface area contributed by atoms with E-state index in [2.05, 4.69) is 10.3 Å². The summed E-state index contributed by atoms with van der Waals surface area (Å²) in [5, 5.41) is 3.34. The molecule has 3 rings (SSSR count). The zero-order valence-electron chi connectivity index (χ0n) is 17.6. The van der Waals surface area contributed by atoms with Crippen LogP contribution in [0, 0.1) is 6.92 Å². The lowest BCUT2D eigenvalue weighted by atomic mass is 10.2. The van der Waals surface area contributed by atoms with Crippen LogP contribution in [0.3, 0.4) is 0 Å². The SMILES string of the molecule is Cc1cc(Cl)ccc1S(=O)(=O)N(C)Cc1nc2cc(C(=O)NC(C)C)ccc2n1C. The van der Waals surface area contributed by atoms with Gasteiger partial charge in [-0.25, -0.2) is 13.4 Å². The minimum absolute atomic E-state index is 0.0303. The fourth-order valence-electron chi connectivity index (χ4n) is 3.23. The number of carbonyl (C=O) groups is 1. The Labute approximate surface area is 181 Å². The van der Waals surface area contributed by atoms with Crippen molar-refractivity contribution in [2.24, 2.45) is 7.05 Å². The second-order valence-electron chi connectivity index (χ2n) is 7.59. The highest BCUT2D eigenvalue weighted by atomic mass is 35.5. The number of carbonyl (C=O) groups excluding carboxylic acids is 1. The van der Waals surface area contributed by atoms with Crippen LogP contribution in [0.1, 0.15) is 35.6 Å². The van der Waals surface area contributed by atoms with Crippen LogP contribution in [0.15, 0.2) is 41.3 Å². The predicted octanol–water partition coefficient (Wildman–Crippen LogP) is 3.49. The normalized spacial score (nSPS) is 12.1. The molecule has 0 aliphatic carbocycles. The van der Waals surface area contributed by atoms with Gasteiger partial charge in [0, 0.05) is 30.7 Å². The number of nitrogens with one attached hydrogen (secondary N) is 1. The van der Waals surface area contributed by atoms with Crippen molar-refractivity contribution in [1.29, 1.82) is 0 Å². The third-order valence-electron chi connectivity index (χ3n) is 4.84. The summed E-state index contributed by atoms with van der Waals surface area (Å²) in [5.41, 5.74) is 2.55. The van der Waals surface area contributed by atoms with E-state index in [-0.39, 0.29) is 23.4 Å². The van der Waals surface area contributed by atoms with Crippen molar-refractivity contribution in [2.75, 3.05) is 7.05 Å². The molecule has 0 saturated heterocycles. The molecule has 1 N–H and O–H groups in total. The highest BCUT2D eigenvalue weighted by Crippen LogP contribution is 2.24. The van der Waals surface area contributed by atoms with E-state index >= 15 is 0 Å². The number of imidazole rings is 1. The Morgan fingerprint density at radius 2 is 1.93 bits per heavy atom. The molecular weight excluding hydrogens is 424 g/mol. The first-order valence-electron chi connectivity index (χ1n) is 9.49. The number of hydrogen-bond acceptors (Lipinski definition) is 4. The van der Waals surface area contributed by atoms with Gasteiger partial charge in [-0.15, -0.1) is 0 Å². The van der Waals surface area contributed by atoms with E-state index < -0.39 is 10.0 Å². The zero-order chi connectivity index (χ0) is 22.2. The first-order chi connectivity index (χ1) is 14.0. The summed E-state index contributed by atoms with van der Waals surface area (Å²) in [6.45, 7) is 5.59. The quantitative estimate of drug-likeness (QED) is 0.625. The first kappa shape index (κ1) is 22.3. The van der Waals surface area contributed by atoms with Gasteiger partial charge in [-0.2, -0.15) is 4.31 Å². The summed E-state index contributed by atoms with van der Waals surface area (Å²) >= 11 is 5.95. The number of aryl methyl sites for hydroxylation is 2. The lowest BCUT2D eigenvalue weighted by molar-refractivity contribution is 0.0943. The van der Waals surface area contributed by atoms with E-state index in [0.29, 0.717) is 27.5 Å². The molecule has 0 spiro atoms. The summed E-state index contributed by atoms with van der Waals surface area (Å²) in [6.07, 6.45) is 0. The molecule has 0 radical (unpaired) electrons. The van der Waals surface area contributed by atoms with Gasteiger partial charge in [0.2, 0.25) is 10.0 Å². The molecule has 160 valence electrons. The van der Waals surface area contributed by atoms with Crippen molar-refractivity contribution < 1.29 is 13.2 Å². The van der Waals surface area contributed by atoms with Crippen molar-refractivity contribution in [3.63, 3.8) is 0 Å². The third-order valence-corrected chi connectivity index (χ3v) is 7.04. The summed E-state index contributed by atoms with van der Waals surface area (Å²) in [7, 11) is -0.373. The summed E-state index contributed by atoms with van der Waals surface area (Å²) in [6, 6.07) is 10.0. The molecule has 0 saturated carbocycles. The zero-order valence-corrected chi connectivity index (χ0v) is 19.2. The lowest BCUT2D eigenvalue weighted by Gasteiger charge is -2.18. The number of benzene rings is 2. The summed E-state index contributed by atoms with van der Waals surface area (Å²) < 4.78 is 29.2. The van der Waals surface area contributed by atoms with Gasteiger partial charge in [0.05, 0.1) is 22.5 Å². The van der Waals surface area contributed by atoms with Gasteiger partial charge in [0.25, 0.3) is 5.91 Å². The maximum atomic E-state index is 13.0. The van der Waals surface area contributed by atoms with Crippen LogP contribution in [-0.4, -0.2) is 41.3 Å². The monoisotopic (exact) mass is 448 g/mol. The van der Waals surface area contributed by atoms with E-state index in [9.17, 15) is 13.2 Å². The molecule has 0 unspecified atom stereocenters. The van der Waals surface area contributed by atoms with Crippen molar-refractivity contribution in [3.8, 4) is 0 Å². The Balaban J connectivity index is 1.91. The lowest BCUT2D eigenvalue weighted by Crippen LogP contribution is -2.29. The standard InChI is InChI=1S/C21H25ClN4O3S/c1-13(2)23-21(27)15-6-8-18-17(11-15)24-20(26(18)5)12-25(4)30(28,29)19-9-7-16(22)10-14(19)3/h6-11,13H,12H2,1-5H3,(H,23,27). The van der Waals surface area contributed by atoms with Gasteiger partial charge >= 0.3 is 0 Å². The van der Waals surface area contributed by atoms with Crippen molar-refractivity contribution in [2.45, 2.75) is 38.3 Å². The maximum Gasteiger partial charge on any atom is 0.251 e. The first-order valence-corrected chi connectivity index (χ1v) is 11.3. The highest BCUT2D eigenvalue weighted by Gasteiger charge is 2.25. The minimum atomic E-state index is -3.72. The topological polar surface area (TPSA) is 84.3 Å². The average Bonchev–Trinajstić information content (AvgIpc) is 2.95. The van der Waals surface area contributed by atoms with Crippen molar-refractivity contribution >= 4 is 38.6 Å². The second-order valence-corrected chi connectivity index (χ2v) is 10.0. The molecule has 2 aromatic carbocycles. The Hall–Kier alpha value is -2.42. The van der Waals surface area contributed by atoms with Crippen LogP contribution in [0.5, 0.6) is 0 Å². The Bertz CT molecular complexity index is 1220. The molecule has 0 aliphatic heterocycles. The molecule has 0 atom stereocenters. The molecule has 0 aliphatic rings. The van der Waals surface area contributed by atoms with Gasteiger partial charge < -0.3 is 9.88 Å². The second kappa shape index (κ2) is 8.37. The van der Waals surface area contributed by atoms with Crippen LogP contribution >= 0.6 is 11.6 Å². The molecule has 1 aromatic heterocycles. The number of aromatic nitrogens is 2. The number of hydrogen-bond donors (Lipinski definition) is 1. The van der Waals surface area contributed by atoms with Crippen LogP contribution in [0.4, 0.5) is 0 Å². The molecule has 3 aromatic rings. The molecule has 0 bridgehead atoms. The van der Waals surface area contributed by atoms with Gasteiger partial charge in [0.15, 0.2) is 0 Å². The smallest absolute Gasteiger partial charge is 0.251 e. The Morgan fingerprint density at radius 1 is 1.23 bits per heavy atom. The summed E-state index contributed by atoms with van der Waals surface area (Å²) in [4.78, 5) is 17.1. The Morgan fingerprint density at radius 3 is 2.57 bits per heavy atom. The average molecular weight is 449 g/mol. The van der Waals surface area contributed by atoms with Gasteiger partial charge in [-0.1, -0.05) is 11.6 Å². The van der Waals surface area contributed by atoms with Crippen LogP contribution in [-0.2, 0) is 23.6 Å². The van der Waals surface area contributed by atoms with E-state index in [1.807, 2.05) is 31.5 Å². The molecular formula is C21H25ClN4O3S. The number of nitrogens with zero attached hydrogens (tertiary/aromatic N) is 3. The van der Waals surface area contributed by atoms with Gasteiger partial charge in [-0.05, 0) is 62.7 Å². The number of fused-ring (bicyclic) bond motifs is 1. The van der Waals surface area contributed by atoms with E-state index in [4.69, 9.17) is 11.6 Å². The van der Waals surface area contributed by atoms with E-state index in [1.165, 1.54) is 17.4 Å². The number of sulfonamides is 1. The molecule has 0 fully saturated rings. The molecule has 30 heavy (non-hydrogen) atoms. The molecule has 9 heteroatoms. The van der Waals surface area contributed by atoms with Crippen molar-refractivity contribution in [1.82, 2.24) is 19.2 Å². The fourth-order valence-corrected chi connectivity index (χ4v) is 4.79. The predicted molar refractivity (Wildman–Crippen MR) is 118 cm³/mol. The van der Waals surface area contributed by atoms with E-state index in [0.717, 1.165) is 5.52 Å². The number of halogens is 1.